The first-order chi connectivity index (χ1) is 10.8. The zero-order chi connectivity index (χ0) is 17.1. The third-order valence-corrected chi connectivity index (χ3v) is 4.75. The molecule has 1 aliphatic rings. The fourth-order valence-electron chi connectivity index (χ4n) is 2.61. The van der Waals surface area contributed by atoms with Crippen LogP contribution < -0.4 is 5.32 Å². The zero-order valence-electron chi connectivity index (χ0n) is 13.6. The highest BCUT2D eigenvalue weighted by Gasteiger charge is 2.38. The summed E-state index contributed by atoms with van der Waals surface area (Å²) in [7, 11) is 1.81. The summed E-state index contributed by atoms with van der Waals surface area (Å²) >= 11 is 7.17. The molecule has 2 atom stereocenters. The summed E-state index contributed by atoms with van der Waals surface area (Å²) in [5.41, 5.74) is 0.187. The Balaban J connectivity index is 2.23. The normalized spacial score (nSPS) is 21.9. The molecule has 128 valence electrons. The Hall–Kier alpha value is -1.38. The Labute approximate surface area is 144 Å². The Bertz CT molecular complexity index is 605. The lowest BCUT2D eigenvalue weighted by Gasteiger charge is -2.38. The Morgan fingerprint density at radius 1 is 1.65 bits per heavy atom. The molecule has 0 radical (unpaired) electrons. The molecule has 0 saturated carbocycles. The maximum atomic E-state index is 11.5. The van der Waals surface area contributed by atoms with Crippen LogP contribution in [0, 0.1) is 16.0 Å². The van der Waals surface area contributed by atoms with Gasteiger partial charge in [0, 0.05) is 24.5 Å². The molecule has 0 spiro atoms. The van der Waals surface area contributed by atoms with Gasteiger partial charge in [0.05, 0.1) is 23.5 Å². The van der Waals surface area contributed by atoms with Crippen molar-refractivity contribution in [3.63, 3.8) is 0 Å². The monoisotopic (exact) mass is 360 g/mol. The average molecular weight is 361 g/mol. The van der Waals surface area contributed by atoms with Gasteiger partial charge in [-0.1, -0.05) is 18.5 Å². The summed E-state index contributed by atoms with van der Waals surface area (Å²) in [6.07, 6.45) is 2.11. The van der Waals surface area contributed by atoms with E-state index in [9.17, 15) is 10.1 Å². The van der Waals surface area contributed by atoms with Crippen molar-refractivity contribution in [2.45, 2.75) is 46.1 Å². The molecule has 0 amide bonds. The van der Waals surface area contributed by atoms with E-state index in [2.05, 4.69) is 10.3 Å². The van der Waals surface area contributed by atoms with Gasteiger partial charge in [-0.15, -0.1) is 11.3 Å². The summed E-state index contributed by atoms with van der Waals surface area (Å²) in [6.45, 7) is 6.20. The average Bonchev–Trinajstić information content (AvgIpc) is 2.85. The molecule has 7 nitrogen and oxygen atoms in total. The van der Waals surface area contributed by atoms with Crippen molar-refractivity contribution in [1.29, 1.82) is 0 Å². The van der Waals surface area contributed by atoms with Crippen molar-refractivity contribution >= 4 is 22.9 Å². The topological polar surface area (TPSA) is 80.5 Å². The van der Waals surface area contributed by atoms with E-state index in [1.807, 2.05) is 27.8 Å². The summed E-state index contributed by atoms with van der Waals surface area (Å²) < 4.78 is 6.34. The maximum Gasteiger partial charge on any atom is 0.288 e. The van der Waals surface area contributed by atoms with Gasteiger partial charge >= 0.3 is 0 Å². The van der Waals surface area contributed by atoms with Gasteiger partial charge in [0.1, 0.15) is 6.23 Å². The van der Waals surface area contributed by atoms with E-state index in [1.165, 1.54) is 11.3 Å². The van der Waals surface area contributed by atoms with Gasteiger partial charge in [-0.05, 0) is 13.8 Å². The van der Waals surface area contributed by atoms with Crippen molar-refractivity contribution in [3.8, 4) is 0 Å². The van der Waals surface area contributed by atoms with E-state index in [4.69, 9.17) is 16.3 Å². The second-order valence-corrected chi connectivity index (χ2v) is 7.51. The van der Waals surface area contributed by atoms with Crippen LogP contribution in [0.25, 0.3) is 0 Å². The van der Waals surface area contributed by atoms with Crippen molar-refractivity contribution in [2.75, 3.05) is 7.05 Å². The van der Waals surface area contributed by atoms with E-state index in [0.717, 1.165) is 4.88 Å². The van der Waals surface area contributed by atoms with Crippen LogP contribution in [-0.4, -0.2) is 34.2 Å². The number of hydrogen-bond donors (Lipinski definition) is 1. The zero-order valence-corrected chi connectivity index (χ0v) is 15.1. The van der Waals surface area contributed by atoms with Gasteiger partial charge in [0.2, 0.25) is 0 Å². The predicted octanol–water partition coefficient (Wildman–Crippen LogP) is 3.05. The van der Waals surface area contributed by atoms with Crippen LogP contribution in [0.1, 0.15) is 32.1 Å². The lowest BCUT2D eigenvalue weighted by Crippen LogP contribution is -2.46. The third-order valence-electron chi connectivity index (χ3n) is 3.63. The number of halogens is 1. The van der Waals surface area contributed by atoms with Crippen LogP contribution in [0.4, 0.5) is 0 Å². The van der Waals surface area contributed by atoms with Gasteiger partial charge in [-0.25, -0.2) is 4.98 Å². The first-order valence-corrected chi connectivity index (χ1v) is 8.60. The highest BCUT2D eigenvalue weighted by Crippen LogP contribution is 2.31. The van der Waals surface area contributed by atoms with Crippen LogP contribution in [0.5, 0.6) is 0 Å². The van der Waals surface area contributed by atoms with E-state index in [0.29, 0.717) is 23.3 Å². The summed E-state index contributed by atoms with van der Waals surface area (Å²) in [4.78, 5) is 17.9. The summed E-state index contributed by atoms with van der Waals surface area (Å²) in [6, 6.07) is 0. The SMILES string of the molecule is CC(C)OC1CC(C)C([N+](=O)[O-])=C(NCc2cnc(Cl)s2)N1C. The number of thiazole rings is 1. The first-order valence-electron chi connectivity index (χ1n) is 7.40. The predicted molar refractivity (Wildman–Crippen MR) is 89.5 cm³/mol. The van der Waals surface area contributed by atoms with Crippen molar-refractivity contribution < 1.29 is 9.66 Å². The molecule has 2 unspecified atom stereocenters. The molecule has 23 heavy (non-hydrogen) atoms. The lowest BCUT2D eigenvalue weighted by atomic mass is 9.98. The molecule has 0 bridgehead atoms. The summed E-state index contributed by atoms with van der Waals surface area (Å²) in [5.74, 6) is 0.293. The second kappa shape index (κ2) is 7.46. The number of aromatic nitrogens is 1. The van der Waals surface area contributed by atoms with Crippen LogP contribution in [0.3, 0.4) is 0 Å². The van der Waals surface area contributed by atoms with E-state index >= 15 is 0 Å². The van der Waals surface area contributed by atoms with Crippen LogP contribution >= 0.6 is 22.9 Å². The molecular formula is C14H21ClN4O3S. The van der Waals surface area contributed by atoms with Gasteiger partial charge in [0.15, 0.2) is 10.3 Å². The van der Waals surface area contributed by atoms with Crippen molar-refractivity contribution in [1.82, 2.24) is 15.2 Å². The number of nitrogens with zero attached hydrogens (tertiary/aromatic N) is 3. The molecule has 0 saturated heterocycles. The standard InChI is InChI=1S/C14H21ClN4O3S/c1-8(2)22-11-5-9(3)12(19(20)21)13(18(11)4)16-6-10-7-17-14(15)23-10/h7-9,11,16H,5-6H2,1-4H3. The molecule has 0 fully saturated rings. The number of allylic oxidation sites excluding steroid dienone is 1. The number of hydrogen-bond acceptors (Lipinski definition) is 7. The minimum Gasteiger partial charge on any atom is -0.361 e. The maximum absolute atomic E-state index is 11.5. The summed E-state index contributed by atoms with van der Waals surface area (Å²) in [5, 5.41) is 14.6. The molecular weight excluding hydrogens is 340 g/mol. The smallest absolute Gasteiger partial charge is 0.288 e. The fraction of sp³-hybridized carbons (Fsp3) is 0.643. The fourth-order valence-corrected chi connectivity index (χ4v) is 3.53. The van der Waals surface area contributed by atoms with Gasteiger partial charge in [-0.2, -0.15) is 0 Å². The van der Waals surface area contributed by atoms with Crippen molar-refractivity contribution in [2.24, 2.45) is 5.92 Å². The molecule has 1 aliphatic heterocycles. The lowest BCUT2D eigenvalue weighted by molar-refractivity contribution is -0.439. The molecule has 1 aromatic rings. The number of rotatable bonds is 6. The molecule has 2 rings (SSSR count). The van der Waals surface area contributed by atoms with E-state index < -0.39 is 0 Å². The quantitative estimate of drug-likeness (QED) is 0.620. The molecule has 1 N–H and O–H groups in total. The molecule has 1 aromatic heterocycles. The van der Waals surface area contributed by atoms with Crippen LogP contribution in [0.15, 0.2) is 17.7 Å². The highest BCUT2D eigenvalue weighted by molar-refractivity contribution is 7.15. The molecule has 0 aromatic carbocycles. The first kappa shape index (κ1) is 18.0. The van der Waals surface area contributed by atoms with Gasteiger partial charge in [0.25, 0.3) is 5.70 Å². The van der Waals surface area contributed by atoms with E-state index in [-0.39, 0.29) is 28.9 Å². The second-order valence-electron chi connectivity index (χ2n) is 5.81. The number of nitrogens with one attached hydrogen (secondary N) is 1. The molecule has 0 aliphatic carbocycles. The Morgan fingerprint density at radius 2 is 2.35 bits per heavy atom. The third kappa shape index (κ3) is 4.33. The minimum absolute atomic E-state index is 0.0494. The van der Waals surface area contributed by atoms with Gasteiger partial charge < -0.3 is 15.0 Å². The van der Waals surface area contributed by atoms with Crippen LogP contribution in [0.2, 0.25) is 4.47 Å². The minimum atomic E-state index is -0.311. The molecule has 2 heterocycles. The number of nitro groups is 1. The largest absolute Gasteiger partial charge is 0.361 e. The molecule has 9 heteroatoms. The van der Waals surface area contributed by atoms with Crippen LogP contribution in [-0.2, 0) is 11.3 Å². The van der Waals surface area contributed by atoms with E-state index in [1.54, 1.807) is 11.1 Å². The Kier molecular flexibility index (Phi) is 5.83. The highest BCUT2D eigenvalue weighted by atomic mass is 35.5. The Morgan fingerprint density at radius 3 is 2.87 bits per heavy atom. The van der Waals surface area contributed by atoms with Gasteiger partial charge in [-0.3, -0.25) is 10.1 Å². The number of ether oxygens (including phenoxy) is 1. The van der Waals surface area contributed by atoms with Crippen molar-refractivity contribution in [3.05, 3.63) is 37.2 Å².